The number of pyridine rings is 1. The van der Waals surface area contributed by atoms with Gasteiger partial charge in [0.2, 0.25) is 0 Å². The predicted molar refractivity (Wildman–Crippen MR) is 71.5 cm³/mol. The number of aliphatic hydroxyl groups is 1. The molecule has 0 bridgehead atoms. The number of ether oxygens (including phenoxy) is 1. The molecule has 1 rings (SSSR count). The van der Waals surface area contributed by atoms with E-state index in [1.165, 1.54) is 12.1 Å². The van der Waals surface area contributed by atoms with Crippen molar-refractivity contribution in [3.63, 3.8) is 0 Å². The standard InChI is InChI=1S/C13H20N2O4/c1-9-6-10(12(16)17)7-11(15-9)14-8-13(2,18)4-5-19-3/h6-7,18H,4-5,8H2,1-3H3,(H,14,15)(H,16,17). The summed E-state index contributed by atoms with van der Waals surface area (Å²) in [5.74, 6) is -0.560. The van der Waals surface area contributed by atoms with Crippen LogP contribution in [0.5, 0.6) is 0 Å². The number of rotatable bonds is 7. The van der Waals surface area contributed by atoms with Gasteiger partial charge in [-0.1, -0.05) is 0 Å². The summed E-state index contributed by atoms with van der Waals surface area (Å²) in [6, 6.07) is 2.94. The first kappa shape index (κ1) is 15.4. The van der Waals surface area contributed by atoms with Gasteiger partial charge in [-0.3, -0.25) is 0 Å². The Kier molecular flexibility index (Phi) is 5.26. The SMILES string of the molecule is COCCC(C)(O)CNc1cc(C(=O)O)cc(C)n1. The Morgan fingerprint density at radius 3 is 2.79 bits per heavy atom. The zero-order valence-electron chi connectivity index (χ0n) is 11.4. The molecule has 0 aromatic carbocycles. The number of hydrogen-bond acceptors (Lipinski definition) is 5. The first-order valence-electron chi connectivity index (χ1n) is 6.01. The minimum atomic E-state index is -1.00. The highest BCUT2D eigenvalue weighted by molar-refractivity contribution is 5.88. The van der Waals surface area contributed by atoms with Crippen LogP contribution in [-0.4, -0.2) is 47.0 Å². The lowest BCUT2D eigenvalue weighted by atomic mass is 10.0. The van der Waals surface area contributed by atoms with E-state index in [2.05, 4.69) is 10.3 Å². The number of aromatic carboxylic acids is 1. The van der Waals surface area contributed by atoms with E-state index in [1.54, 1.807) is 21.0 Å². The predicted octanol–water partition coefficient (Wildman–Crippen LogP) is 1.29. The van der Waals surface area contributed by atoms with Crippen LogP contribution in [0.3, 0.4) is 0 Å². The van der Waals surface area contributed by atoms with E-state index in [0.29, 0.717) is 24.5 Å². The average molecular weight is 268 g/mol. The van der Waals surface area contributed by atoms with Gasteiger partial charge in [0.25, 0.3) is 0 Å². The van der Waals surface area contributed by atoms with Crippen LogP contribution in [0.4, 0.5) is 5.82 Å². The molecule has 19 heavy (non-hydrogen) atoms. The molecule has 1 aromatic heterocycles. The van der Waals surface area contributed by atoms with Gasteiger partial charge in [-0.15, -0.1) is 0 Å². The second-order valence-corrected chi connectivity index (χ2v) is 4.78. The molecule has 6 heteroatoms. The Labute approximate surface area is 112 Å². The molecule has 3 N–H and O–H groups in total. The molecule has 0 aliphatic carbocycles. The molecule has 0 aliphatic heterocycles. The van der Waals surface area contributed by atoms with Gasteiger partial charge in [-0.25, -0.2) is 9.78 Å². The fourth-order valence-electron chi connectivity index (χ4n) is 1.57. The van der Waals surface area contributed by atoms with Gasteiger partial charge in [0.1, 0.15) is 5.82 Å². The summed E-state index contributed by atoms with van der Waals surface area (Å²) >= 11 is 0. The monoisotopic (exact) mass is 268 g/mol. The number of nitrogens with zero attached hydrogens (tertiary/aromatic N) is 1. The summed E-state index contributed by atoms with van der Waals surface area (Å²) in [5.41, 5.74) is -0.157. The van der Waals surface area contributed by atoms with Crippen LogP contribution in [0.2, 0.25) is 0 Å². The average Bonchev–Trinajstić information content (AvgIpc) is 2.33. The van der Waals surface area contributed by atoms with Gasteiger partial charge in [0.05, 0.1) is 11.2 Å². The van der Waals surface area contributed by atoms with Crippen LogP contribution in [0.25, 0.3) is 0 Å². The molecular formula is C13H20N2O4. The van der Waals surface area contributed by atoms with Gasteiger partial charge in [-0.2, -0.15) is 0 Å². The summed E-state index contributed by atoms with van der Waals surface area (Å²) in [5, 5.41) is 22.0. The zero-order valence-corrected chi connectivity index (χ0v) is 11.4. The van der Waals surface area contributed by atoms with Gasteiger partial charge in [0.15, 0.2) is 0 Å². The van der Waals surface area contributed by atoms with Crippen molar-refractivity contribution in [3.8, 4) is 0 Å². The summed E-state index contributed by atoms with van der Waals surface area (Å²) in [4.78, 5) is 15.1. The molecule has 1 heterocycles. The number of hydrogen-bond donors (Lipinski definition) is 3. The fourth-order valence-corrected chi connectivity index (χ4v) is 1.57. The first-order valence-corrected chi connectivity index (χ1v) is 6.01. The third-order valence-electron chi connectivity index (χ3n) is 2.70. The molecule has 1 aromatic rings. The van der Waals surface area contributed by atoms with Crippen molar-refractivity contribution >= 4 is 11.8 Å². The Hall–Kier alpha value is -1.66. The van der Waals surface area contributed by atoms with Gasteiger partial charge in [0, 0.05) is 32.4 Å². The zero-order chi connectivity index (χ0) is 14.5. The number of carboxylic acid groups (broad SMARTS) is 1. The van der Waals surface area contributed by atoms with E-state index in [-0.39, 0.29) is 12.1 Å². The highest BCUT2D eigenvalue weighted by Gasteiger charge is 2.20. The Morgan fingerprint density at radius 1 is 1.53 bits per heavy atom. The number of anilines is 1. The smallest absolute Gasteiger partial charge is 0.335 e. The molecule has 0 spiro atoms. The van der Waals surface area contributed by atoms with E-state index in [4.69, 9.17) is 9.84 Å². The number of methoxy groups -OCH3 is 1. The largest absolute Gasteiger partial charge is 0.478 e. The van der Waals surface area contributed by atoms with Crippen LogP contribution in [0.15, 0.2) is 12.1 Å². The number of carbonyl (C=O) groups is 1. The third kappa shape index (κ3) is 5.23. The quantitative estimate of drug-likeness (QED) is 0.690. The molecule has 1 atom stereocenters. The number of aromatic nitrogens is 1. The number of aryl methyl sites for hydroxylation is 1. The molecular weight excluding hydrogens is 248 g/mol. The van der Waals surface area contributed by atoms with E-state index in [0.717, 1.165) is 0 Å². The Morgan fingerprint density at radius 2 is 2.21 bits per heavy atom. The van der Waals surface area contributed by atoms with Crippen LogP contribution >= 0.6 is 0 Å². The maximum absolute atomic E-state index is 10.9. The lowest BCUT2D eigenvalue weighted by Gasteiger charge is -2.23. The van der Waals surface area contributed by atoms with Crippen molar-refractivity contribution in [2.75, 3.05) is 25.6 Å². The lowest BCUT2D eigenvalue weighted by molar-refractivity contribution is 0.0357. The summed E-state index contributed by atoms with van der Waals surface area (Å²) < 4.78 is 4.92. The molecule has 0 aliphatic rings. The molecule has 0 saturated heterocycles. The second-order valence-electron chi connectivity index (χ2n) is 4.78. The summed E-state index contributed by atoms with van der Waals surface area (Å²) in [6.45, 7) is 4.13. The highest BCUT2D eigenvalue weighted by atomic mass is 16.5. The molecule has 0 saturated carbocycles. The molecule has 0 fully saturated rings. The lowest BCUT2D eigenvalue weighted by Crippen LogP contribution is -2.34. The van der Waals surface area contributed by atoms with Crippen LogP contribution in [0.1, 0.15) is 29.4 Å². The molecule has 0 radical (unpaired) electrons. The minimum absolute atomic E-state index is 0.173. The van der Waals surface area contributed by atoms with E-state index < -0.39 is 11.6 Å². The Balaban J connectivity index is 2.69. The van der Waals surface area contributed by atoms with Crippen LogP contribution in [-0.2, 0) is 4.74 Å². The van der Waals surface area contributed by atoms with Gasteiger partial charge in [-0.05, 0) is 26.0 Å². The van der Waals surface area contributed by atoms with Crippen LogP contribution in [0, 0.1) is 6.92 Å². The highest BCUT2D eigenvalue weighted by Crippen LogP contribution is 2.14. The summed E-state index contributed by atoms with van der Waals surface area (Å²) in [7, 11) is 1.57. The van der Waals surface area contributed by atoms with Crippen molar-refractivity contribution in [2.45, 2.75) is 25.9 Å². The first-order chi connectivity index (χ1) is 8.84. The summed E-state index contributed by atoms with van der Waals surface area (Å²) in [6.07, 6.45) is 0.480. The Bertz CT molecular complexity index is 446. The third-order valence-corrected chi connectivity index (χ3v) is 2.70. The van der Waals surface area contributed by atoms with Crippen molar-refractivity contribution in [1.29, 1.82) is 0 Å². The number of nitrogens with one attached hydrogen (secondary N) is 1. The maximum Gasteiger partial charge on any atom is 0.335 e. The van der Waals surface area contributed by atoms with Gasteiger partial charge >= 0.3 is 5.97 Å². The normalized spacial score (nSPS) is 13.9. The fraction of sp³-hybridized carbons (Fsp3) is 0.538. The van der Waals surface area contributed by atoms with Gasteiger partial charge < -0.3 is 20.3 Å². The van der Waals surface area contributed by atoms with E-state index >= 15 is 0 Å². The van der Waals surface area contributed by atoms with Crippen molar-refractivity contribution in [3.05, 3.63) is 23.4 Å². The maximum atomic E-state index is 10.9. The second kappa shape index (κ2) is 6.49. The molecule has 6 nitrogen and oxygen atoms in total. The van der Waals surface area contributed by atoms with Crippen molar-refractivity contribution < 1.29 is 19.7 Å². The van der Waals surface area contributed by atoms with E-state index in [1.807, 2.05) is 0 Å². The van der Waals surface area contributed by atoms with Crippen LogP contribution < -0.4 is 5.32 Å². The molecule has 1 unspecified atom stereocenters. The van der Waals surface area contributed by atoms with Crippen molar-refractivity contribution in [2.24, 2.45) is 0 Å². The number of carboxylic acids is 1. The molecule has 106 valence electrons. The molecule has 0 amide bonds. The topological polar surface area (TPSA) is 91.7 Å². The minimum Gasteiger partial charge on any atom is -0.478 e. The van der Waals surface area contributed by atoms with Crippen molar-refractivity contribution in [1.82, 2.24) is 4.98 Å². The van der Waals surface area contributed by atoms with E-state index in [9.17, 15) is 9.90 Å².